The first kappa shape index (κ1) is 16.3. The highest BCUT2D eigenvalue weighted by Crippen LogP contribution is 2.25. The molecule has 21 heavy (non-hydrogen) atoms. The lowest BCUT2D eigenvalue weighted by Crippen LogP contribution is -2.57. The zero-order valence-corrected chi connectivity index (χ0v) is 14.1. The molecule has 1 saturated heterocycles. The molecule has 1 N–H and O–H groups in total. The Morgan fingerprint density at radius 3 is 2.86 bits per heavy atom. The maximum atomic E-state index is 5.55. The monoisotopic (exact) mass is 290 g/mol. The SMILES string of the molecule is CCC(C)C1CNC(C)CN1Cc1cc(C)ccc1OC. The summed E-state index contributed by atoms with van der Waals surface area (Å²) in [5.74, 6) is 1.72. The third-order valence-electron chi connectivity index (χ3n) is 4.76. The molecule has 1 aromatic carbocycles. The zero-order valence-electron chi connectivity index (χ0n) is 14.1. The van der Waals surface area contributed by atoms with Crippen LogP contribution in [-0.4, -0.2) is 37.2 Å². The predicted molar refractivity (Wildman–Crippen MR) is 88.8 cm³/mol. The molecule has 1 aromatic rings. The number of benzene rings is 1. The molecular formula is C18H30N2O. The van der Waals surface area contributed by atoms with Crippen molar-refractivity contribution < 1.29 is 4.74 Å². The molecule has 118 valence electrons. The van der Waals surface area contributed by atoms with Crippen LogP contribution in [0.3, 0.4) is 0 Å². The summed E-state index contributed by atoms with van der Waals surface area (Å²) in [5.41, 5.74) is 2.61. The summed E-state index contributed by atoms with van der Waals surface area (Å²) >= 11 is 0. The summed E-state index contributed by atoms with van der Waals surface area (Å²) < 4.78 is 5.55. The number of ether oxygens (including phenoxy) is 1. The van der Waals surface area contributed by atoms with E-state index < -0.39 is 0 Å². The molecule has 0 saturated carbocycles. The third kappa shape index (κ3) is 3.98. The standard InChI is InChI=1S/C18H30N2O/c1-6-14(3)17-10-19-15(4)11-20(17)12-16-9-13(2)7-8-18(16)21-5/h7-9,14-15,17,19H,6,10-12H2,1-5H3. The van der Waals surface area contributed by atoms with E-state index in [-0.39, 0.29) is 0 Å². The predicted octanol–water partition coefficient (Wildman–Crippen LogP) is 3.21. The van der Waals surface area contributed by atoms with Crippen molar-refractivity contribution in [2.24, 2.45) is 5.92 Å². The maximum Gasteiger partial charge on any atom is 0.123 e. The van der Waals surface area contributed by atoms with Crippen molar-refractivity contribution in [3.63, 3.8) is 0 Å². The molecule has 0 bridgehead atoms. The summed E-state index contributed by atoms with van der Waals surface area (Å²) in [6, 6.07) is 7.64. The first-order valence-corrected chi connectivity index (χ1v) is 8.16. The van der Waals surface area contributed by atoms with Gasteiger partial charge in [-0.05, 0) is 25.8 Å². The van der Waals surface area contributed by atoms with Crippen LogP contribution in [0.1, 0.15) is 38.3 Å². The molecule has 1 aliphatic heterocycles. The molecule has 0 aromatic heterocycles. The lowest BCUT2D eigenvalue weighted by molar-refractivity contribution is 0.0877. The van der Waals surface area contributed by atoms with Gasteiger partial charge in [0.15, 0.2) is 0 Å². The van der Waals surface area contributed by atoms with E-state index in [1.807, 2.05) is 0 Å². The van der Waals surface area contributed by atoms with Gasteiger partial charge in [0.2, 0.25) is 0 Å². The van der Waals surface area contributed by atoms with Crippen LogP contribution in [0.2, 0.25) is 0 Å². The molecule has 1 fully saturated rings. The summed E-state index contributed by atoms with van der Waals surface area (Å²) in [6.45, 7) is 12.2. The molecule has 1 aliphatic rings. The maximum absolute atomic E-state index is 5.55. The van der Waals surface area contributed by atoms with Gasteiger partial charge in [-0.1, -0.05) is 38.0 Å². The molecule has 0 aliphatic carbocycles. The van der Waals surface area contributed by atoms with Crippen molar-refractivity contribution in [1.29, 1.82) is 0 Å². The van der Waals surface area contributed by atoms with Crippen molar-refractivity contribution in [2.45, 2.75) is 52.7 Å². The highest BCUT2D eigenvalue weighted by molar-refractivity contribution is 5.36. The second-order valence-corrected chi connectivity index (χ2v) is 6.51. The molecule has 3 unspecified atom stereocenters. The van der Waals surface area contributed by atoms with Gasteiger partial charge in [-0.25, -0.2) is 0 Å². The van der Waals surface area contributed by atoms with Gasteiger partial charge in [0, 0.05) is 37.3 Å². The fourth-order valence-electron chi connectivity index (χ4n) is 3.27. The van der Waals surface area contributed by atoms with Crippen LogP contribution in [0.4, 0.5) is 0 Å². The van der Waals surface area contributed by atoms with E-state index in [2.05, 4.69) is 56.1 Å². The highest BCUT2D eigenvalue weighted by Gasteiger charge is 2.29. The van der Waals surface area contributed by atoms with Gasteiger partial charge in [0.1, 0.15) is 5.75 Å². The highest BCUT2D eigenvalue weighted by atomic mass is 16.5. The number of aryl methyl sites for hydroxylation is 1. The Balaban J connectivity index is 2.19. The quantitative estimate of drug-likeness (QED) is 0.901. The average Bonchev–Trinajstić information content (AvgIpc) is 2.47. The summed E-state index contributed by atoms with van der Waals surface area (Å²) in [5, 5.41) is 3.63. The van der Waals surface area contributed by atoms with Crippen molar-refractivity contribution in [3.05, 3.63) is 29.3 Å². The molecule has 3 heteroatoms. The molecule has 2 rings (SSSR count). The summed E-state index contributed by atoms with van der Waals surface area (Å²) in [6.07, 6.45) is 1.22. The Morgan fingerprint density at radius 1 is 1.43 bits per heavy atom. The number of hydrogen-bond acceptors (Lipinski definition) is 3. The number of rotatable bonds is 5. The summed E-state index contributed by atoms with van der Waals surface area (Å²) in [7, 11) is 1.76. The first-order valence-electron chi connectivity index (χ1n) is 8.16. The minimum absolute atomic E-state index is 0.557. The van der Waals surface area contributed by atoms with E-state index in [1.165, 1.54) is 17.5 Å². The van der Waals surface area contributed by atoms with E-state index in [4.69, 9.17) is 4.74 Å². The van der Waals surface area contributed by atoms with Crippen LogP contribution in [-0.2, 0) is 6.54 Å². The zero-order chi connectivity index (χ0) is 15.4. The number of methoxy groups -OCH3 is 1. The van der Waals surface area contributed by atoms with Gasteiger partial charge < -0.3 is 10.1 Å². The third-order valence-corrected chi connectivity index (χ3v) is 4.76. The van der Waals surface area contributed by atoms with Gasteiger partial charge in [0.25, 0.3) is 0 Å². The van der Waals surface area contributed by atoms with E-state index in [1.54, 1.807) is 7.11 Å². The van der Waals surface area contributed by atoms with E-state index in [0.717, 1.165) is 25.4 Å². The minimum atomic E-state index is 0.557. The Morgan fingerprint density at radius 2 is 2.19 bits per heavy atom. The largest absolute Gasteiger partial charge is 0.496 e. The topological polar surface area (TPSA) is 24.5 Å². The van der Waals surface area contributed by atoms with Gasteiger partial charge in [-0.15, -0.1) is 0 Å². The van der Waals surface area contributed by atoms with E-state index in [9.17, 15) is 0 Å². The number of nitrogens with one attached hydrogen (secondary N) is 1. The van der Waals surface area contributed by atoms with Gasteiger partial charge >= 0.3 is 0 Å². The van der Waals surface area contributed by atoms with Gasteiger partial charge in [0.05, 0.1) is 7.11 Å². The normalized spacial score (nSPS) is 24.8. The fraction of sp³-hybridized carbons (Fsp3) is 0.667. The van der Waals surface area contributed by atoms with Crippen molar-refractivity contribution in [1.82, 2.24) is 10.2 Å². The summed E-state index contributed by atoms with van der Waals surface area (Å²) in [4.78, 5) is 2.63. The van der Waals surface area contributed by atoms with E-state index >= 15 is 0 Å². The average molecular weight is 290 g/mol. The van der Waals surface area contributed by atoms with Crippen LogP contribution < -0.4 is 10.1 Å². The lowest BCUT2D eigenvalue weighted by Gasteiger charge is -2.42. The van der Waals surface area contributed by atoms with Crippen molar-refractivity contribution in [3.8, 4) is 5.75 Å². The number of hydrogen-bond donors (Lipinski definition) is 1. The fourth-order valence-corrected chi connectivity index (χ4v) is 3.27. The van der Waals surface area contributed by atoms with Crippen LogP contribution in [0.25, 0.3) is 0 Å². The Labute approximate surface area is 129 Å². The second kappa shape index (κ2) is 7.28. The van der Waals surface area contributed by atoms with Crippen molar-refractivity contribution in [2.75, 3.05) is 20.2 Å². The Kier molecular flexibility index (Phi) is 5.65. The Bertz CT molecular complexity index is 461. The van der Waals surface area contributed by atoms with Crippen LogP contribution in [0, 0.1) is 12.8 Å². The molecule has 0 radical (unpaired) electrons. The first-order chi connectivity index (χ1) is 10.0. The Hall–Kier alpha value is -1.06. The number of nitrogens with zero attached hydrogens (tertiary/aromatic N) is 1. The molecule has 1 heterocycles. The molecule has 3 atom stereocenters. The minimum Gasteiger partial charge on any atom is -0.496 e. The van der Waals surface area contributed by atoms with Crippen LogP contribution in [0.15, 0.2) is 18.2 Å². The molecule has 3 nitrogen and oxygen atoms in total. The van der Waals surface area contributed by atoms with Crippen molar-refractivity contribution >= 4 is 0 Å². The smallest absolute Gasteiger partial charge is 0.123 e. The lowest BCUT2D eigenvalue weighted by atomic mass is 9.94. The van der Waals surface area contributed by atoms with Gasteiger partial charge in [-0.2, -0.15) is 0 Å². The molecule has 0 amide bonds. The molecule has 0 spiro atoms. The number of piperazine rings is 1. The van der Waals surface area contributed by atoms with Crippen LogP contribution >= 0.6 is 0 Å². The van der Waals surface area contributed by atoms with Crippen LogP contribution in [0.5, 0.6) is 5.75 Å². The second-order valence-electron chi connectivity index (χ2n) is 6.51. The van der Waals surface area contributed by atoms with E-state index in [0.29, 0.717) is 18.0 Å². The van der Waals surface area contributed by atoms with Gasteiger partial charge in [-0.3, -0.25) is 4.90 Å². The molecular weight excluding hydrogens is 260 g/mol.